The molecule has 0 saturated carbocycles. The number of ether oxygens (including phenoxy) is 1. The van der Waals surface area contributed by atoms with Gasteiger partial charge in [0.1, 0.15) is 5.75 Å². The second kappa shape index (κ2) is 9.96. The molecular formula is C22H36N2O2. The molecule has 0 unspecified atom stereocenters. The lowest BCUT2D eigenvalue weighted by atomic mass is 9.85. The third-order valence-electron chi connectivity index (χ3n) is 4.97. The molecule has 2 rings (SSSR count). The summed E-state index contributed by atoms with van der Waals surface area (Å²) in [5, 5.41) is 2.93. The molecule has 1 aromatic carbocycles. The van der Waals surface area contributed by atoms with Gasteiger partial charge in [0.25, 0.3) is 0 Å². The first kappa shape index (κ1) is 20.8. The van der Waals surface area contributed by atoms with Crippen molar-refractivity contribution < 1.29 is 9.53 Å². The van der Waals surface area contributed by atoms with Gasteiger partial charge in [0.05, 0.1) is 6.61 Å². The molecule has 1 aromatic rings. The number of hydrogen-bond acceptors (Lipinski definition) is 3. The zero-order chi connectivity index (χ0) is 19.0. The summed E-state index contributed by atoms with van der Waals surface area (Å²) in [6.45, 7) is 13.4. The minimum absolute atomic E-state index is 0.102. The number of carbonyl (C=O) groups excluding carboxylic acids is 1. The summed E-state index contributed by atoms with van der Waals surface area (Å²) in [5.41, 5.74) is 2.68. The van der Waals surface area contributed by atoms with Crippen LogP contribution in [0.5, 0.6) is 5.75 Å². The van der Waals surface area contributed by atoms with Crippen molar-refractivity contribution in [2.45, 2.75) is 65.2 Å². The molecule has 0 aliphatic carbocycles. The second-order valence-electron chi connectivity index (χ2n) is 8.45. The third-order valence-corrected chi connectivity index (χ3v) is 4.97. The van der Waals surface area contributed by atoms with Crippen molar-refractivity contribution in [3.63, 3.8) is 0 Å². The predicted molar refractivity (Wildman–Crippen MR) is 108 cm³/mol. The number of carbonyl (C=O) groups is 1. The van der Waals surface area contributed by atoms with Crippen LogP contribution in [0.1, 0.15) is 64.0 Å². The average Bonchev–Trinajstić information content (AvgIpc) is 2.78. The number of nitrogens with one attached hydrogen (secondary N) is 1. The van der Waals surface area contributed by atoms with Gasteiger partial charge in [0.2, 0.25) is 5.91 Å². The molecule has 4 heteroatoms. The third kappa shape index (κ3) is 6.99. The van der Waals surface area contributed by atoms with Gasteiger partial charge in [-0.25, -0.2) is 0 Å². The van der Waals surface area contributed by atoms with Crippen LogP contribution in [-0.2, 0) is 10.2 Å². The van der Waals surface area contributed by atoms with Crippen molar-refractivity contribution in [3.8, 4) is 5.75 Å². The smallest absolute Gasteiger partial charge is 0.221 e. The highest BCUT2D eigenvalue weighted by atomic mass is 16.5. The van der Waals surface area contributed by atoms with Crippen molar-refractivity contribution in [1.29, 1.82) is 0 Å². The quantitative estimate of drug-likeness (QED) is 0.711. The standard InChI is InChI=1S/C22H36N2O2/c1-18-9-10-20(19(17-18)22(2,3)4)26-16-8-6-5-7-13-24-14-11-21(25)23-12-15-24/h9-10,17H,5-8,11-16H2,1-4H3,(H,23,25). The molecular weight excluding hydrogens is 324 g/mol. The zero-order valence-electron chi connectivity index (χ0n) is 17.1. The monoisotopic (exact) mass is 360 g/mol. The topological polar surface area (TPSA) is 41.6 Å². The SMILES string of the molecule is Cc1ccc(OCCCCCCN2CCNC(=O)CC2)c(C(C)(C)C)c1. The lowest BCUT2D eigenvalue weighted by Crippen LogP contribution is -2.29. The molecule has 1 fully saturated rings. The molecule has 26 heavy (non-hydrogen) atoms. The Hall–Kier alpha value is -1.55. The molecule has 0 aromatic heterocycles. The van der Waals surface area contributed by atoms with E-state index in [-0.39, 0.29) is 11.3 Å². The summed E-state index contributed by atoms with van der Waals surface area (Å²) >= 11 is 0. The lowest BCUT2D eigenvalue weighted by Gasteiger charge is -2.23. The summed E-state index contributed by atoms with van der Waals surface area (Å²) in [4.78, 5) is 13.7. The summed E-state index contributed by atoms with van der Waals surface area (Å²) in [5.74, 6) is 1.22. The Labute approximate surface area is 159 Å². The first-order chi connectivity index (χ1) is 12.4. The van der Waals surface area contributed by atoms with E-state index in [0.29, 0.717) is 6.42 Å². The number of hydrogen-bond donors (Lipinski definition) is 1. The predicted octanol–water partition coefficient (Wildman–Crippen LogP) is 4.05. The molecule has 1 heterocycles. The normalized spacial score (nSPS) is 16.2. The van der Waals surface area contributed by atoms with Crippen molar-refractivity contribution in [3.05, 3.63) is 29.3 Å². The van der Waals surface area contributed by atoms with Crippen LogP contribution < -0.4 is 10.1 Å². The minimum Gasteiger partial charge on any atom is -0.493 e. The van der Waals surface area contributed by atoms with Gasteiger partial charge in [-0.3, -0.25) is 4.79 Å². The van der Waals surface area contributed by atoms with E-state index < -0.39 is 0 Å². The van der Waals surface area contributed by atoms with Gasteiger partial charge in [-0.05, 0) is 43.4 Å². The Morgan fingerprint density at radius 3 is 2.65 bits per heavy atom. The molecule has 1 N–H and O–H groups in total. The van der Waals surface area contributed by atoms with E-state index in [4.69, 9.17) is 4.74 Å². The Balaban J connectivity index is 1.63. The Kier molecular flexibility index (Phi) is 7.95. The van der Waals surface area contributed by atoms with Gasteiger partial charge in [-0.2, -0.15) is 0 Å². The van der Waals surface area contributed by atoms with Crippen LogP contribution in [0.2, 0.25) is 0 Å². The molecule has 0 radical (unpaired) electrons. The largest absolute Gasteiger partial charge is 0.493 e. The fourth-order valence-corrected chi connectivity index (χ4v) is 3.37. The van der Waals surface area contributed by atoms with Gasteiger partial charge in [0, 0.05) is 26.1 Å². The summed E-state index contributed by atoms with van der Waals surface area (Å²) in [6.07, 6.45) is 5.35. The Morgan fingerprint density at radius 1 is 1.12 bits per heavy atom. The zero-order valence-corrected chi connectivity index (χ0v) is 17.1. The average molecular weight is 361 g/mol. The molecule has 0 spiro atoms. The van der Waals surface area contributed by atoms with Crippen LogP contribution >= 0.6 is 0 Å². The van der Waals surface area contributed by atoms with E-state index in [0.717, 1.165) is 45.0 Å². The molecule has 4 nitrogen and oxygen atoms in total. The highest BCUT2D eigenvalue weighted by Crippen LogP contribution is 2.32. The molecule has 0 bridgehead atoms. The number of rotatable bonds is 8. The van der Waals surface area contributed by atoms with Crippen LogP contribution in [0.4, 0.5) is 0 Å². The number of unbranched alkanes of at least 4 members (excludes halogenated alkanes) is 3. The first-order valence-electron chi connectivity index (χ1n) is 10.1. The Morgan fingerprint density at radius 2 is 1.88 bits per heavy atom. The maximum atomic E-state index is 11.3. The number of amides is 1. The van der Waals surface area contributed by atoms with Gasteiger partial charge >= 0.3 is 0 Å². The van der Waals surface area contributed by atoms with E-state index in [2.05, 4.69) is 56.1 Å². The van der Waals surface area contributed by atoms with Crippen molar-refractivity contribution in [2.75, 3.05) is 32.8 Å². The van der Waals surface area contributed by atoms with Gasteiger partial charge < -0.3 is 15.0 Å². The van der Waals surface area contributed by atoms with Crippen LogP contribution in [-0.4, -0.2) is 43.6 Å². The fourth-order valence-electron chi connectivity index (χ4n) is 3.37. The van der Waals surface area contributed by atoms with Crippen molar-refractivity contribution >= 4 is 5.91 Å². The van der Waals surface area contributed by atoms with E-state index in [1.54, 1.807) is 0 Å². The van der Waals surface area contributed by atoms with Gasteiger partial charge in [-0.1, -0.05) is 51.3 Å². The molecule has 0 atom stereocenters. The maximum absolute atomic E-state index is 11.3. The fraction of sp³-hybridized carbons (Fsp3) is 0.682. The first-order valence-corrected chi connectivity index (χ1v) is 10.1. The molecule has 1 amide bonds. The minimum atomic E-state index is 0.102. The molecule has 146 valence electrons. The van der Waals surface area contributed by atoms with Gasteiger partial charge in [-0.15, -0.1) is 0 Å². The van der Waals surface area contributed by atoms with Crippen molar-refractivity contribution in [1.82, 2.24) is 10.2 Å². The maximum Gasteiger partial charge on any atom is 0.221 e. The highest BCUT2D eigenvalue weighted by Gasteiger charge is 2.19. The number of benzene rings is 1. The molecule has 1 aliphatic rings. The number of nitrogens with zero attached hydrogens (tertiary/aromatic N) is 1. The molecule has 1 aliphatic heterocycles. The second-order valence-corrected chi connectivity index (χ2v) is 8.45. The summed E-state index contributed by atoms with van der Waals surface area (Å²) < 4.78 is 6.09. The van der Waals surface area contributed by atoms with Crippen LogP contribution in [0.15, 0.2) is 18.2 Å². The van der Waals surface area contributed by atoms with Crippen LogP contribution in [0.3, 0.4) is 0 Å². The van der Waals surface area contributed by atoms with Crippen LogP contribution in [0, 0.1) is 6.92 Å². The van der Waals surface area contributed by atoms with Crippen LogP contribution in [0.25, 0.3) is 0 Å². The van der Waals surface area contributed by atoms with Crippen molar-refractivity contribution in [2.24, 2.45) is 0 Å². The van der Waals surface area contributed by atoms with E-state index in [9.17, 15) is 4.79 Å². The van der Waals surface area contributed by atoms with Gasteiger partial charge in [0.15, 0.2) is 0 Å². The van der Waals surface area contributed by atoms with E-state index in [1.807, 2.05) is 0 Å². The van der Waals surface area contributed by atoms with E-state index in [1.165, 1.54) is 30.4 Å². The Bertz CT molecular complexity index is 578. The summed E-state index contributed by atoms with van der Waals surface area (Å²) in [6, 6.07) is 6.49. The summed E-state index contributed by atoms with van der Waals surface area (Å²) in [7, 11) is 0. The lowest BCUT2D eigenvalue weighted by molar-refractivity contribution is -0.120. The molecule has 1 saturated heterocycles. The highest BCUT2D eigenvalue weighted by molar-refractivity contribution is 5.76. The number of aryl methyl sites for hydroxylation is 1. The van der Waals surface area contributed by atoms with E-state index >= 15 is 0 Å².